The first-order valence-corrected chi connectivity index (χ1v) is 5.63. The Morgan fingerprint density at radius 3 is 2.74 bits per heavy atom. The number of nitrogens with zero attached hydrogens (tertiary/aromatic N) is 2. The molecule has 0 spiro atoms. The second-order valence-corrected chi connectivity index (χ2v) is 3.92. The number of hydrogen-bond acceptors (Lipinski definition) is 4. The van der Waals surface area contributed by atoms with E-state index in [0.717, 1.165) is 0 Å². The van der Waals surface area contributed by atoms with Crippen LogP contribution in [0.5, 0.6) is 11.5 Å². The molecule has 0 aliphatic rings. The van der Waals surface area contributed by atoms with Crippen LogP contribution in [0.2, 0.25) is 0 Å². The second-order valence-electron chi connectivity index (χ2n) is 3.92. The number of methoxy groups -OCH3 is 1. The molecule has 2 aromatic rings. The quantitative estimate of drug-likeness (QED) is 0.887. The minimum absolute atomic E-state index is 0.129. The van der Waals surface area contributed by atoms with Gasteiger partial charge in [-0.2, -0.15) is 5.10 Å². The van der Waals surface area contributed by atoms with E-state index >= 15 is 0 Å². The van der Waals surface area contributed by atoms with E-state index in [1.165, 1.54) is 10.7 Å². The molecule has 1 N–H and O–H groups in total. The molecule has 0 aliphatic carbocycles. The van der Waals surface area contributed by atoms with Gasteiger partial charge in [-0.25, -0.2) is 4.79 Å². The third-order valence-electron chi connectivity index (χ3n) is 2.58. The lowest BCUT2D eigenvalue weighted by Crippen LogP contribution is -2.04. The normalized spacial score (nSPS) is 10.2. The Labute approximate surface area is 110 Å². The highest BCUT2D eigenvalue weighted by molar-refractivity contribution is 5.85. The average Bonchev–Trinajstić information content (AvgIpc) is 2.78. The monoisotopic (exact) mass is 262 g/mol. The topological polar surface area (TPSA) is 73.6 Å². The number of carboxylic acids is 1. The van der Waals surface area contributed by atoms with Crippen molar-refractivity contribution in [3.05, 3.63) is 41.7 Å². The summed E-state index contributed by atoms with van der Waals surface area (Å²) in [6, 6.07) is 8.67. The van der Waals surface area contributed by atoms with Gasteiger partial charge in [-0.3, -0.25) is 4.68 Å². The molecule has 0 amide bonds. The van der Waals surface area contributed by atoms with Crippen molar-refractivity contribution in [1.82, 2.24) is 9.78 Å². The molecule has 0 radical (unpaired) electrons. The fourth-order valence-corrected chi connectivity index (χ4v) is 1.65. The molecule has 0 unspecified atom stereocenters. The summed E-state index contributed by atoms with van der Waals surface area (Å²) in [5.41, 5.74) is 0.687. The Kier molecular flexibility index (Phi) is 3.70. The van der Waals surface area contributed by atoms with Crippen LogP contribution < -0.4 is 9.47 Å². The van der Waals surface area contributed by atoms with Crippen LogP contribution in [0, 0.1) is 0 Å². The number of benzene rings is 1. The van der Waals surface area contributed by atoms with Gasteiger partial charge >= 0.3 is 5.97 Å². The number of hydrogen-bond donors (Lipinski definition) is 1. The summed E-state index contributed by atoms with van der Waals surface area (Å²) in [5, 5.41) is 13.0. The van der Waals surface area contributed by atoms with Crippen molar-refractivity contribution in [1.29, 1.82) is 0 Å². The number of aryl methyl sites for hydroxylation is 1. The number of carbonyl (C=O) groups is 1. The van der Waals surface area contributed by atoms with E-state index in [0.29, 0.717) is 17.2 Å². The summed E-state index contributed by atoms with van der Waals surface area (Å²) in [7, 11) is 3.16. The number of rotatable bonds is 5. The van der Waals surface area contributed by atoms with E-state index in [1.54, 1.807) is 26.3 Å². The van der Waals surface area contributed by atoms with Crippen molar-refractivity contribution < 1.29 is 19.4 Å². The van der Waals surface area contributed by atoms with Crippen molar-refractivity contribution in [2.75, 3.05) is 7.11 Å². The maximum Gasteiger partial charge on any atom is 0.354 e. The van der Waals surface area contributed by atoms with Crippen molar-refractivity contribution in [2.24, 2.45) is 7.05 Å². The van der Waals surface area contributed by atoms with Crippen LogP contribution in [0.15, 0.2) is 30.3 Å². The molecule has 1 aromatic carbocycles. The SMILES string of the molecule is COc1cccc(OCc2cc(C(=O)O)n(C)n2)c1. The first-order valence-electron chi connectivity index (χ1n) is 5.63. The van der Waals surface area contributed by atoms with Gasteiger partial charge in [-0.1, -0.05) is 6.07 Å². The molecule has 1 aromatic heterocycles. The molecule has 6 nitrogen and oxygen atoms in total. The maximum absolute atomic E-state index is 10.9. The fourth-order valence-electron chi connectivity index (χ4n) is 1.65. The van der Waals surface area contributed by atoms with Crippen LogP contribution in [0.25, 0.3) is 0 Å². The smallest absolute Gasteiger partial charge is 0.354 e. The predicted molar refractivity (Wildman–Crippen MR) is 67.5 cm³/mol. The van der Waals surface area contributed by atoms with Crippen LogP contribution in [-0.4, -0.2) is 28.0 Å². The van der Waals surface area contributed by atoms with E-state index < -0.39 is 5.97 Å². The molecule has 1 heterocycles. The standard InChI is InChI=1S/C13H14N2O4/c1-15-12(13(16)17)6-9(14-15)8-19-11-5-3-4-10(7-11)18-2/h3-7H,8H2,1-2H3,(H,16,17). The highest BCUT2D eigenvalue weighted by Crippen LogP contribution is 2.19. The van der Waals surface area contributed by atoms with Gasteiger partial charge in [0.05, 0.1) is 7.11 Å². The van der Waals surface area contributed by atoms with Crippen LogP contribution in [0.3, 0.4) is 0 Å². The largest absolute Gasteiger partial charge is 0.497 e. The summed E-state index contributed by atoms with van der Waals surface area (Å²) in [5.74, 6) is 0.328. The lowest BCUT2D eigenvalue weighted by molar-refractivity contribution is 0.0685. The van der Waals surface area contributed by atoms with Crippen LogP contribution in [0.4, 0.5) is 0 Å². The molecule has 0 saturated heterocycles. The van der Waals surface area contributed by atoms with Gasteiger partial charge < -0.3 is 14.6 Å². The van der Waals surface area contributed by atoms with Gasteiger partial charge in [0.25, 0.3) is 0 Å². The summed E-state index contributed by atoms with van der Waals surface area (Å²) >= 11 is 0. The molecular weight excluding hydrogens is 248 g/mol. The van der Waals surface area contributed by atoms with Crippen molar-refractivity contribution >= 4 is 5.97 Å². The number of ether oxygens (including phenoxy) is 2. The van der Waals surface area contributed by atoms with Gasteiger partial charge in [0.1, 0.15) is 29.5 Å². The molecule has 0 bridgehead atoms. The summed E-state index contributed by atoms with van der Waals surface area (Å²) < 4.78 is 11.9. The molecular formula is C13H14N2O4. The highest BCUT2D eigenvalue weighted by Gasteiger charge is 2.11. The third kappa shape index (κ3) is 3.04. The third-order valence-corrected chi connectivity index (χ3v) is 2.58. The summed E-state index contributed by atoms with van der Waals surface area (Å²) in [4.78, 5) is 10.9. The second kappa shape index (κ2) is 5.43. The van der Waals surface area contributed by atoms with E-state index in [9.17, 15) is 4.79 Å². The molecule has 0 saturated carbocycles. The van der Waals surface area contributed by atoms with E-state index in [1.807, 2.05) is 12.1 Å². The van der Waals surface area contributed by atoms with Gasteiger partial charge in [0, 0.05) is 13.1 Å². The van der Waals surface area contributed by atoms with E-state index in [4.69, 9.17) is 14.6 Å². The Hall–Kier alpha value is -2.50. The first kappa shape index (κ1) is 12.9. The van der Waals surface area contributed by atoms with Gasteiger partial charge in [0.15, 0.2) is 0 Å². The molecule has 100 valence electrons. The fraction of sp³-hybridized carbons (Fsp3) is 0.231. The molecule has 19 heavy (non-hydrogen) atoms. The molecule has 0 atom stereocenters. The van der Waals surface area contributed by atoms with Crippen LogP contribution in [0.1, 0.15) is 16.2 Å². The Morgan fingerprint density at radius 1 is 1.37 bits per heavy atom. The number of aromatic carboxylic acids is 1. The van der Waals surface area contributed by atoms with Gasteiger partial charge in [-0.05, 0) is 18.2 Å². The maximum atomic E-state index is 10.9. The Bertz CT molecular complexity index is 592. The minimum Gasteiger partial charge on any atom is -0.497 e. The van der Waals surface area contributed by atoms with E-state index in [-0.39, 0.29) is 12.3 Å². The molecule has 0 fully saturated rings. The zero-order valence-corrected chi connectivity index (χ0v) is 10.7. The van der Waals surface area contributed by atoms with Crippen molar-refractivity contribution in [2.45, 2.75) is 6.61 Å². The van der Waals surface area contributed by atoms with Crippen molar-refractivity contribution in [3.8, 4) is 11.5 Å². The zero-order valence-electron chi connectivity index (χ0n) is 10.7. The van der Waals surface area contributed by atoms with Crippen molar-refractivity contribution in [3.63, 3.8) is 0 Å². The summed E-state index contributed by atoms with van der Waals surface area (Å²) in [6.07, 6.45) is 0. The Morgan fingerprint density at radius 2 is 2.11 bits per heavy atom. The highest BCUT2D eigenvalue weighted by atomic mass is 16.5. The molecule has 2 rings (SSSR count). The lowest BCUT2D eigenvalue weighted by atomic mass is 10.3. The minimum atomic E-state index is -1.01. The van der Waals surface area contributed by atoms with Crippen LogP contribution in [-0.2, 0) is 13.7 Å². The average molecular weight is 262 g/mol. The van der Waals surface area contributed by atoms with E-state index in [2.05, 4.69) is 5.10 Å². The number of carboxylic acid groups (broad SMARTS) is 1. The predicted octanol–water partition coefficient (Wildman–Crippen LogP) is 1.71. The Balaban J connectivity index is 2.06. The van der Waals surface area contributed by atoms with Gasteiger partial charge in [-0.15, -0.1) is 0 Å². The van der Waals surface area contributed by atoms with Crippen LogP contribution >= 0.6 is 0 Å². The molecule has 6 heteroatoms. The summed E-state index contributed by atoms with van der Waals surface area (Å²) in [6.45, 7) is 0.203. The first-order chi connectivity index (χ1) is 9.10. The lowest BCUT2D eigenvalue weighted by Gasteiger charge is -2.05. The van der Waals surface area contributed by atoms with Gasteiger partial charge in [0.2, 0.25) is 0 Å². The number of aromatic nitrogens is 2. The molecule has 0 aliphatic heterocycles. The zero-order chi connectivity index (χ0) is 13.8.